The number of hydrogen-bond acceptors (Lipinski definition) is 6. The molecule has 1 aliphatic heterocycles. The van der Waals surface area contributed by atoms with Crippen LogP contribution in [0.1, 0.15) is 63.2 Å². The molecule has 142 valence electrons. The first-order chi connectivity index (χ1) is 12.0. The van der Waals surface area contributed by atoms with E-state index in [1.165, 1.54) is 32.1 Å². The van der Waals surface area contributed by atoms with Gasteiger partial charge < -0.3 is 4.52 Å². The lowest BCUT2D eigenvalue weighted by atomic mass is 9.88. The normalized spacial score (nSPS) is 23.0. The van der Waals surface area contributed by atoms with E-state index in [-0.39, 0.29) is 6.04 Å². The Morgan fingerprint density at radius 3 is 2.44 bits per heavy atom. The molecule has 2 heterocycles. The SMILES string of the molecule is Cc1noc(C(C)N2CCN(S(=O)(=O)CCC3CCCCC3)CC2)n1. The van der Waals surface area contributed by atoms with Crippen molar-refractivity contribution in [1.29, 1.82) is 0 Å². The maximum atomic E-state index is 12.6. The van der Waals surface area contributed by atoms with E-state index in [0.717, 1.165) is 6.42 Å². The first-order valence-electron chi connectivity index (χ1n) is 9.48. The van der Waals surface area contributed by atoms with Gasteiger partial charge in [-0.25, -0.2) is 8.42 Å². The molecule has 0 spiro atoms. The molecule has 1 aromatic heterocycles. The Hall–Kier alpha value is -0.990. The summed E-state index contributed by atoms with van der Waals surface area (Å²) in [5.41, 5.74) is 0. The molecule has 8 heteroatoms. The van der Waals surface area contributed by atoms with Crippen LogP contribution in [0.5, 0.6) is 0 Å². The number of rotatable bonds is 6. The highest BCUT2D eigenvalue weighted by Gasteiger charge is 2.31. The minimum Gasteiger partial charge on any atom is -0.338 e. The van der Waals surface area contributed by atoms with Crippen molar-refractivity contribution in [3.8, 4) is 0 Å². The molecule has 1 unspecified atom stereocenters. The summed E-state index contributed by atoms with van der Waals surface area (Å²) < 4.78 is 32.2. The lowest BCUT2D eigenvalue weighted by Gasteiger charge is -2.36. The number of piperazine rings is 1. The molecule has 2 fully saturated rings. The largest absolute Gasteiger partial charge is 0.338 e. The molecule has 0 radical (unpaired) electrons. The summed E-state index contributed by atoms with van der Waals surface area (Å²) in [6.45, 7) is 6.32. The Labute approximate surface area is 150 Å². The van der Waals surface area contributed by atoms with Crippen LogP contribution in [0.15, 0.2) is 4.52 Å². The lowest BCUT2D eigenvalue weighted by molar-refractivity contribution is 0.124. The summed E-state index contributed by atoms with van der Waals surface area (Å²) in [4.78, 5) is 6.49. The third kappa shape index (κ3) is 4.80. The van der Waals surface area contributed by atoms with Crippen LogP contribution in [0.3, 0.4) is 0 Å². The molecule has 1 saturated heterocycles. The van der Waals surface area contributed by atoms with Gasteiger partial charge in [0.05, 0.1) is 11.8 Å². The van der Waals surface area contributed by atoms with Crippen molar-refractivity contribution in [3.05, 3.63) is 11.7 Å². The third-order valence-electron chi connectivity index (χ3n) is 5.62. The van der Waals surface area contributed by atoms with Crippen LogP contribution in [0.4, 0.5) is 0 Å². The van der Waals surface area contributed by atoms with Gasteiger partial charge in [0.15, 0.2) is 5.82 Å². The number of aryl methyl sites for hydroxylation is 1. The smallest absolute Gasteiger partial charge is 0.243 e. The highest BCUT2D eigenvalue weighted by Crippen LogP contribution is 2.27. The predicted octanol–water partition coefficient (Wildman–Crippen LogP) is 2.36. The molecule has 1 aliphatic carbocycles. The highest BCUT2D eigenvalue weighted by molar-refractivity contribution is 7.89. The van der Waals surface area contributed by atoms with Crippen LogP contribution >= 0.6 is 0 Å². The lowest BCUT2D eigenvalue weighted by Crippen LogP contribution is -2.49. The monoisotopic (exact) mass is 370 g/mol. The first kappa shape index (κ1) is 18.8. The van der Waals surface area contributed by atoms with E-state index in [1.54, 1.807) is 11.2 Å². The van der Waals surface area contributed by atoms with Crippen LogP contribution in [0, 0.1) is 12.8 Å². The van der Waals surface area contributed by atoms with Crippen LogP contribution in [0.25, 0.3) is 0 Å². The summed E-state index contributed by atoms with van der Waals surface area (Å²) in [5, 5.41) is 3.84. The second-order valence-corrected chi connectivity index (χ2v) is 9.49. The van der Waals surface area contributed by atoms with Crippen molar-refractivity contribution in [2.75, 3.05) is 31.9 Å². The molecule has 0 aromatic carbocycles. The van der Waals surface area contributed by atoms with Crippen LogP contribution < -0.4 is 0 Å². The molecule has 7 nitrogen and oxygen atoms in total. The van der Waals surface area contributed by atoms with Crippen molar-refractivity contribution in [1.82, 2.24) is 19.3 Å². The van der Waals surface area contributed by atoms with Crippen LogP contribution in [-0.4, -0.2) is 59.7 Å². The van der Waals surface area contributed by atoms with Gasteiger partial charge in [-0.15, -0.1) is 0 Å². The third-order valence-corrected chi connectivity index (χ3v) is 7.53. The highest BCUT2D eigenvalue weighted by atomic mass is 32.2. The van der Waals surface area contributed by atoms with Gasteiger partial charge in [0.25, 0.3) is 0 Å². The van der Waals surface area contributed by atoms with Crippen molar-refractivity contribution in [2.45, 2.75) is 58.4 Å². The summed E-state index contributed by atoms with van der Waals surface area (Å²) in [6.07, 6.45) is 7.05. The van der Waals surface area contributed by atoms with Gasteiger partial charge in [-0.1, -0.05) is 37.3 Å². The van der Waals surface area contributed by atoms with Gasteiger partial charge >= 0.3 is 0 Å². The van der Waals surface area contributed by atoms with Gasteiger partial charge in [-0.05, 0) is 26.2 Å². The number of aromatic nitrogens is 2. The van der Waals surface area contributed by atoms with Gasteiger partial charge in [0.1, 0.15) is 0 Å². The Bertz CT molecular complexity index is 647. The zero-order chi connectivity index (χ0) is 17.9. The number of sulfonamides is 1. The zero-order valence-electron chi connectivity index (χ0n) is 15.4. The molecule has 0 bridgehead atoms. The summed E-state index contributed by atoms with van der Waals surface area (Å²) in [5.74, 6) is 2.14. The minimum atomic E-state index is -3.14. The van der Waals surface area contributed by atoms with E-state index in [4.69, 9.17) is 4.52 Å². The molecule has 1 aromatic rings. The molecule has 2 aliphatic rings. The van der Waals surface area contributed by atoms with E-state index in [1.807, 2.05) is 6.92 Å². The average molecular weight is 371 g/mol. The van der Waals surface area contributed by atoms with Crippen molar-refractivity contribution in [3.63, 3.8) is 0 Å². The molecular formula is C17H30N4O3S. The maximum absolute atomic E-state index is 12.6. The maximum Gasteiger partial charge on any atom is 0.243 e. The molecule has 0 amide bonds. The second kappa shape index (κ2) is 8.14. The van der Waals surface area contributed by atoms with Gasteiger partial charge in [-0.2, -0.15) is 9.29 Å². The number of hydrogen-bond donors (Lipinski definition) is 0. The van der Waals surface area contributed by atoms with Gasteiger partial charge in [0, 0.05) is 26.2 Å². The Morgan fingerprint density at radius 1 is 1.16 bits per heavy atom. The van der Waals surface area contributed by atoms with E-state index in [2.05, 4.69) is 15.0 Å². The summed E-state index contributed by atoms with van der Waals surface area (Å²) in [6, 6.07) is 0.0216. The Balaban J connectivity index is 1.48. The first-order valence-corrected chi connectivity index (χ1v) is 11.1. The summed E-state index contributed by atoms with van der Waals surface area (Å²) in [7, 11) is -3.14. The molecular weight excluding hydrogens is 340 g/mol. The number of nitrogens with zero attached hydrogens (tertiary/aromatic N) is 4. The van der Waals surface area contributed by atoms with E-state index < -0.39 is 10.0 Å². The van der Waals surface area contributed by atoms with Crippen molar-refractivity contribution < 1.29 is 12.9 Å². The molecule has 0 N–H and O–H groups in total. The second-order valence-electron chi connectivity index (χ2n) is 7.40. The van der Waals surface area contributed by atoms with Gasteiger partial charge in [0.2, 0.25) is 15.9 Å². The van der Waals surface area contributed by atoms with Crippen molar-refractivity contribution in [2.24, 2.45) is 5.92 Å². The standard InChI is InChI=1S/C17H30N4O3S/c1-14(17-18-15(2)19-24-17)20-9-11-21(12-10-20)25(22,23)13-8-16-6-4-3-5-7-16/h14,16H,3-13H2,1-2H3. The average Bonchev–Trinajstić information content (AvgIpc) is 3.07. The summed E-state index contributed by atoms with van der Waals surface area (Å²) >= 11 is 0. The molecule has 1 atom stereocenters. The van der Waals surface area contributed by atoms with E-state index >= 15 is 0 Å². The van der Waals surface area contributed by atoms with E-state index in [0.29, 0.717) is 49.6 Å². The Kier molecular flexibility index (Phi) is 6.12. The fourth-order valence-electron chi connectivity index (χ4n) is 3.93. The Morgan fingerprint density at radius 2 is 1.84 bits per heavy atom. The fourth-order valence-corrected chi connectivity index (χ4v) is 5.54. The predicted molar refractivity (Wildman–Crippen MR) is 95.6 cm³/mol. The topological polar surface area (TPSA) is 79.5 Å². The zero-order valence-corrected chi connectivity index (χ0v) is 16.2. The molecule has 3 rings (SSSR count). The molecule has 1 saturated carbocycles. The van der Waals surface area contributed by atoms with Crippen LogP contribution in [0.2, 0.25) is 0 Å². The van der Waals surface area contributed by atoms with E-state index in [9.17, 15) is 8.42 Å². The van der Waals surface area contributed by atoms with Gasteiger partial charge in [-0.3, -0.25) is 4.90 Å². The van der Waals surface area contributed by atoms with Crippen molar-refractivity contribution >= 4 is 10.0 Å². The molecule has 25 heavy (non-hydrogen) atoms. The minimum absolute atomic E-state index is 0.0216. The van der Waals surface area contributed by atoms with Crippen LogP contribution in [-0.2, 0) is 10.0 Å². The fraction of sp³-hybridized carbons (Fsp3) is 0.882. The quantitative estimate of drug-likeness (QED) is 0.765.